The molecule has 1 atom stereocenters. The second kappa shape index (κ2) is 7.53. The molecule has 4 nitrogen and oxygen atoms in total. The van der Waals surface area contributed by atoms with E-state index in [4.69, 9.17) is 9.47 Å². The molecule has 144 valence electrons. The summed E-state index contributed by atoms with van der Waals surface area (Å²) in [4.78, 5) is 2.43. The molecule has 0 spiro atoms. The van der Waals surface area contributed by atoms with Gasteiger partial charge in [0.2, 0.25) is 0 Å². The third-order valence-corrected chi connectivity index (χ3v) is 5.91. The van der Waals surface area contributed by atoms with Crippen molar-refractivity contribution in [2.45, 2.75) is 44.3 Å². The van der Waals surface area contributed by atoms with Crippen molar-refractivity contribution in [2.24, 2.45) is 0 Å². The smallest absolute Gasteiger partial charge is 0.123 e. The van der Waals surface area contributed by atoms with E-state index in [0.29, 0.717) is 0 Å². The molecule has 2 aliphatic rings. The molecule has 0 saturated carbocycles. The lowest BCUT2D eigenvalue weighted by atomic mass is 9.85. The first kappa shape index (κ1) is 18.3. The number of methoxy groups -OCH3 is 1. The summed E-state index contributed by atoms with van der Waals surface area (Å²) >= 11 is 0. The number of aryl methyl sites for hydroxylation is 1. The van der Waals surface area contributed by atoms with Crippen LogP contribution in [0, 0.1) is 6.92 Å². The Morgan fingerprint density at radius 1 is 1.15 bits per heavy atom. The number of hydrogen-bond acceptors (Lipinski definition) is 4. The number of hydrogen-bond donors (Lipinski definition) is 1. The SMILES string of the molecule is COc1ccc2c(c1)C[C@H](CN1CCC(O)(Cc3ccc(C)cc3)CC1)O2. The van der Waals surface area contributed by atoms with Crippen LogP contribution < -0.4 is 9.47 Å². The summed E-state index contributed by atoms with van der Waals surface area (Å²) in [6.07, 6.45) is 3.49. The third-order valence-electron chi connectivity index (χ3n) is 5.91. The molecule has 0 bridgehead atoms. The van der Waals surface area contributed by atoms with Crippen LogP contribution in [-0.2, 0) is 12.8 Å². The van der Waals surface area contributed by atoms with Gasteiger partial charge < -0.3 is 14.6 Å². The van der Waals surface area contributed by atoms with Crippen LogP contribution in [0.1, 0.15) is 29.5 Å². The molecule has 1 saturated heterocycles. The molecule has 4 heteroatoms. The molecular weight excluding hydrogens is 338 g/mol. The van der Waals surface area contributed by atoms with Gasteiger partial charge >= 0.3 is 0 Å². The van der Waals surface area contributed by atoms with Gasteiger partial charge in [-0.3, -0.25) is 4.90 Å². The van der Waals surface area contributed by atoms with Gasteiger partial charge in [0.1, 0.15) is 17.6 Å². The molecular formula is C23H29NO3. The van der Waals surface area contributed by atoms with Gasteiger partial charge in [-0.1, -0.05) is 29.8 Å². The van der Waals surface area contributed by atoms with Crippen molar-refractivity contribution in [1.82, 2.24) is 4.90 Å². The predicted molar refractivity (Wildman–Crippen MR) is 107 cm³/mol. The zero-order valence-electron chi connectivity index (χ0n) is 16.3. The highest BCUT2D eigenvalue weighted by molar-refractivity contribution is 5.43. The third kappa shape index (κ3) is 4.28. The van der Waals surface area contributed by atoms with Crippen molar-refractivity contribution in [3.05, 3.63) is 59.2 Å². The zero-order chi connectivity index (χ0) is 18.9. The lowest BCUT2D eigenvalue weighted by Gasteiger charge is -2.39. The number of piperidine rings is 1. The van der Waals surface area contributed by atoms with Crippen LogP contribution in [0.25, 0.3) is 0 Å². The second-order valence-corrected chi connectivity index (χ2v) is 8.10. The fourth-order valence-electron chi connectivity index (χ4n) is 4.23. The lowest BCUT2D eigenvalue weighted by molar-refractivity contribution is -0.0265. The molecule has 2 aromatic rings. The van der Waals surface area contributed by atoms with E-state index in [2.05, 4.69) is 42.2 Å². The number of likely N-dealkylation sites (tertiary alicyclic amines) is 1. The van der Waals surface area contributed by atoms with E-state index in [-0.39, 0.29) is 6.10 Å². The number of benzene rings is 2. The molecule has 0 amide bonds. The Bertz CT molecular complexity index is 779. The van der Waals surface area contributed by atoms with E-state index in [0.717, 1.165) is 56.8 Å². The van der Waals surface area contributed by atoms with Gasteiger partial charge in [0.15, 0.2) is 0 Å². The van der Waals surface area contributed by atoms with Gasteiger partial charge in [-0.2, -0.15) is 0 Å². The van der Waals surface area contributed by atoms with Crippen molar-refractivity contribution in [1.29, 1.82) is 0 Å². The second-order valence-electron chi connectivity index (χ2n) is 8.10. The fraction of sp³-hybridized carbons (Fsp3) is 0.478. The van der Waals surface area contributed by atoms with E-state index in [1.54, 1.807) is 7.11 Å². The minimum absolute atomic E-state index is 0.190. The van der Waals surface area contributed by atoms with Crippen molar-refractivity contribution in [2.75, 3.05) is 26.7 Å². The van der Waals surface area contributed by atoms with Crippen molar-refractivity contribution in [3.63, 3.8) is 0 Å². The summed E-state index contributed by atoms with van der Waals surface area (Å²) in [6, 6.07) is 14.6. The molecule has 0 aromatic heterocycles. The largest absolute Gasteiger partial charge is 0.497 e. The monoisotopic (exact) mass is 367 g/mol. The van der Waals surface area contributed by atoms with Crippen molar-refractivity contribution >= 4 is 0 Å². The van der Waals surface area contributed by atoms with Gasteiger partial charge in [-0.05, 0) is 43.5 Å². The van der Waals surface area contributed by atoms with Crippen molar-refractivity contribution < 1.29 is 14.6 Å². The average Bonchev–Trinajstić information content (AvgIpc) is 3.07. The number of ether oxygens (including phenoxy) is 2. The summed E-state index contributed by atoms with van der Waals surface area (Å²) in [5, 5.41) is 11.0. The zero-order valence-corrected chi connectivity index (χ0v) is 16.3. The molecule has 2 aromatic carbocycles. The summed E-state index contributed by atoms with van der Waals surface area (Å²) in [5.41, 5.74) is 3.13. The Labute approximate surface area is 161 Å². The Balaban J connectivity index is 1.29. The first-order valence-corrected chi connectivity index (χ1v) is 9.87. The van der Waals surface area contributed by atoms with Gasteiger partial charge in [-0.15, -0.1) is 0 Å². The number of rotatable bonds is 5. The minimum atomic E-state index is -0.585. The first-order chi connectivity index (χ1) is 13.0. The molecule has 27 heavy (non-hydrogen) atoms. The molecule has 0 radical (unpaired) electrons. The summed E-state index contributed by atoms with van der Waals surface area (Å²) in [5.74, 6) is 1.87. The summed E-state index contributed by atoms with van der Waals surface area (Å²) in [6.45, 7) is 4.85. The Morgan fingerprint density at radius 3 is 2.59 bits per heavy atom. The van der Waals surface area contributed by atoms with Crippen LogP contribution in [0.3, 0.4) is 0 Å². The first-order valence-electron chi connectivity index (χ1n) is 9.87. The van der Waals surface area contributed by atoms with E-state index in [9.17, 15) is 5.11 Å². The van der Waals surface area contributed by atoms with Crippen LogP contribution in [0.2, 0.25) is 0 Å². The Hall–Kier alpha value is -2.04. The molecule has 1 fully saturated rings. The predicted octanol–water partition coefficient (Wildman–Crippen LogP) is 3.38. The Morgan fingerprint density at radius 2 is 1.89 bits per heavy atom. The highest BCUT2D eigenvalue weighted by Gasteiger charge is 2.34. The number of aliphatic hydroxyl groups is 1. The average molecular weight is 367 g/mol. The molecule has 0 aliphatic carbocycles. The minimum Gasteiger partial charge on any atom is -0.497 e. The maximum Gasteiger partial charge on any atom is 0.123 e. The highest BCUT2D eigenvalue weighted by atomic mass is 16.5. The van der Waals surface area contributed by atoms with Gasteiger partial charge in [0.25, 0.3) is 0 Å². The lowest BCUT2D eigenvalue weighted by Crippen LogP contribution is -2.48. The summed E-state index contributed by atoms with van der Waals surface area (Å²) in [7, 11) is 1.69. The molecule has 2 heterocycles. The van der Waals surface area contributed by atoms with Crippen LogP contribution in [0.15, 0.2) is 42.5 Å². The molecule has 0 unspecified atom stereocenters. The molecule has 4 rings (SSSR count). The highest BCUT2D eigenvalue weighted by Crippen LogP contribution is 2.33. The van der Waals surface area contributed by atoms with Gasteiger partial charge in [0.05, 0.1) is 12.7 Å². The van der Waals surface area contributed by atoms with Crippen LogP contribution >= 0.6 is 0 Å². The quantitative estimate of drug-likeness (QED) is 0.880. The maximum absolute atomic E-state index is 11.0. The standard InChI is InChI=1S/C23H29NO3/c1-17-3-5-18(6-4-17)15-23(25)9-11-24(12-10-23)16-21-14-19-13-20(26-2)7-8-22(19)27-21/h3-8,13,21,25H,9-12,14-16H2,1-2H3/t21-/m1/s1. The normalized spacial score (nSPS) is 21.5. The van der Waals surface area contributed by atoms with E-state index >= 15 is 0 Å². The maximum atomic E-state index is 11.0. The van der Waals surface area contributed by atoms with E-state index < -0.39 is 5.60 Å². The molecule has 1 N–H and O–H groups in total. The van der Waals surface area contributed by atoms with E-state index in [1.165, 1.54) is 16.7 Å². The van der Waals surface area contributed by atoms with E-state index in [1.807, 2.05) is 12.1 Å². The fourth-order valence-corrected chi connectivity index (χ4v) is 4.23. The van der Waals surface area contributed by atoms with Crippen LogP contribution in [0.5, 0.6) is 11.5 Å². The van der Waals surface area contributed by atoms with Crippen LogP contribution in [-0.4, -0.2) is 48.5 Å². The van der Waals surface area contributed by atoms with Crippen LogP contribution in [0.4, 0.5) is 0 Å². The number of fused-ring (bicyclic) bond motifs is 1. The topological polar surface area (TPSA) is 41.9 Å². The molecule has 2 aliphatic heterocycles. The van der Waals surface area contributed by atoms with Crippen molar-refractivity contribution in [3.8, 4) is 11.5 Å². The number of nitrogens with zero attached hydrogens (tertiary/aromatic N) is 1. The van der Waals surface area contributed by atoms with Gasteiger partial charge in [0, 0.05) is 38.0 Å². The summed E-state index contributed by atoms with van der Waals surface area (Å²) < 4.78 is 11.4. The van der Waals surface area contributed by atoms with Gasteiger partial charge in [-0.25, -0.2) is 0 Å². The Kier molecular flexibility index (Phi) is 5.11.